The maximum atomic E-state index is 6.99. The zero-order chi connectivity index (χ0) is 54.2. The maximum Gasteiger partial charge on any atom is 0.269 e. The van der Waals surface area contributed by atoms with Crippen LogP contribution in [0.1, 0.15) is 154 Å². The lowest BCUT2D eigenvalue weighted by atomic mass is 9.73. The molecule has 3 heterocycles. The summed E-state index contributed by atoms with van der Waals surface area (Å²) in [7, 11) is 0. The van der Waals surface area contributed by atoms with Gasteiger partial charge in [0.25, 0.3) is 6.33 Å². The van der Waals surface area contributed by atoms with Crippen LogP contribution in [0.4, 0.5) is 0 Å². The van der Waals surface area contributed by atoms with Gasteiger partial charge in [-0.1, -0.05) is 213 Å². The molecule has 7 aromatic carbocycles. The number of hydrogen-bond acceptors (Lipinski definition) is 2. The molecule has 0 aliphatic carbocycles. The van der Waals surface area contributed by atoms with Crippen molar-refractivity contribution in [2.75, 3.05) is 0 Å². The number of rotatable bonds is 11. The third-order valence-corrected chi connectivity index (χ3v) is 16.0. The summed E-state index contributed by atoms with van der Waals surface area (Å²) in [6.07, 6.45) is 5.95. The van der Waals surface area contributed by atoms with Crippen LogP contribution in [0, 0.1) is 6.33 Å². The van der Waals surface area contributed by atoms with Crippen molar-refractivity contribution >= 4 is 21.8 Å². The Labute approximate surface area is 452 Å². The standard InChI is InChI=1S/C71H76N4O/c1-66(2,3)51-34-37-61-60(43-51)59-36-35-58(46-62(59)75(61)63-44-52(38-39-72-63)69(10,11)48-26-19-16-20-27-48)76-57-33-25-32-55(45-57)73-47-74(65(68(7,8)9)64(73)67(4,5)6)56-41-53(70(12,13)49-28-21-17-22-29-49)40-54(42-56)71(14,15)50-30-23-18-24-31-50/h16-46H,1-15H3. The summed E-state index contributed by atoms with van der Waals surface area (Å²) in [5.74, 6) is 2.35. The van der Waals surface area contributed by atoms with Crippen molar-refractivity contribution < 1.29 is 9.30 Å². The van der Waals surface area contributed by atoms with Gasteiger partial charge < -0.3 is 4.74 Å². The van der Waals surface area contributed by atoms with Crippen molar-refractivity contribution in [3.8, 4) is 28.7 Å². The van der Waals surface area contributed by atoms with Crippen LogP contribution in [0.2, 0.25) is 0 Å². The molecule has 0 spiro atoms. The predicted octanol–water partition coefficient (Wildman–Crippen LogP) is 17.7. The fourth-order valence-corrected chi connectivity index (χ4v) is 11.2. The quantitative estimate of drug-likeness (QED) is 0.0956. The zero-order valence-electron chi connectivity index (χ0n) is 47.6. The number of hydrogen-bond donors (Lipinski definition) is 0. The van der Waals surface area contributed by atoms with E-state index in [2.05, 4.69) is 306 Å². The van der Waals surface area contributed by atoms with Gasteiger partial charge in [-0.15, -0.1) is 0 Å². The molecular formula is C71H76N4O. The van der Waals surface area contributed by atoms with Crippen LogP contribution in [0.25, 0.3) is 39.0 Å². The molecule has 10 aromatic rings. The van der Waals surface area contributed by atoms with Crippen molar-refractivity contribution in [1.82, 2.24) is 14.1 Å². The minimum absolute atomic E-state index is 0.0168. The molecule has 0 saturated carbocycles. The van der Waals surface area contributed by atoms with E-state index in [0.717, 1.165) is 45.1 Å². The lowest BCUT2D eigenvalue weighted by molar-refractivity contribution is -0.611. The Bertz CT molecular complexity index is 3670. The van der Waals surface area contributed by atoms with Crippen LogP contribution in [0.3, 0.4) is 0 Å². The van der Waals surface area contributed by atoms with Gasteiger partial charge >= 0.3 is 0 Å². The van der Waals surface area contributed by atoms with Gasteiger partial charge in [0.15, 0.2) is 0 Å². The first-order valence-corrected chi connectivity index (χ1v) is 27.1. The third-order valence-electron chi connectivity index (χ3n) is 16.0. The van der Waals surface area contributed by atoms with Crippen molar-refractivity contribution in [2.24, 2.45) is 0 Å². The molecule has 0 unspecified atom stereocenters. The van der Waals surface area contributed by atoms with Crippen LogP contribution >= 0.6 is 0 Å². The first-order valence-electron chi connectivity index (χ1n) is 27.1. The van der Waals surface area contributed by atoms with Crippen LogP contribution in [-0.2, 0) is 32.5 Å². The van der Waals surface area contributed by atoms with Crippen LogP contribution in [0.15, 0.2) is 188 Å². The van der Waals surface area contributed by atoms with Crippen molar-refractivity contribution in [1.29, 1.82) is 0 Å². The van der Waals surface area contributed by atoms with Gasteiger partial charge in [-0.25, -0.2) is 4.98 Å². The van der Waals surface area contributed by atoms with E-state index in [9.17, 15) is 0 Å². The molecule has 0 aliphatic rings. The molecule has 5 heteroatoms. The van der Waals surface area contributed by atoms with Gasteiger partial charge in [0.1, 0.15) is 17.3 Å². The first-order chi connectivity index (χ1) is 35.8. The van der Waals surface area contributed by atoms with E-state index in [1.807, 2.05) is 6.20 Å². The number of pyridine rings is 1. The van der Waals surface area contributed by atoms with Gasteiger partial charge in [-0.2, -0.15) is 0 Å². The number of fused-ring (bicyclic) bond motifs is 3. The summed E-state index contributed by atoms with van der Waals surface area (Å²) in [4.78, 5) is 5.07. The molecule has 0 fully saturated rings. The van der Waals surface area contributed by atoms with E-state index in [-0.39, 0.29) is 32.5 Å². The monoisotopic (exact) mass is 1000 g/mol. The van der Waals surface area contributed by atoms with E-state index < -0.39 is 0 Å². The van der Waals surface area contributed by atoms with Crippen molar-refractivity contribution in [3.63, 3.8) is 0 Å². The fraction of sp³-hybridized carbons (Fsp3) is 0.296. The number of ether oxygens (including phenoxy) is 1. The number of nitrogens with zero attached hydrogens (tertiary/aromatic N) is 4. The molecule has 0 radical (unpaired) electrons. The van der Waals surface area contributed by atoms with Crippen LogP contribution < -0.4 is 9.30 Å². The SMILES string of the molecule is CC(C)(C)c1ccc2c(c1)c1ccc(Oc3cccc(-n4[c-][n+](-c5cc(C(C)(C)c6ccccc6)cc(C(C)(C)c6ccccc6)c5)c(C(C)(C)C)c4C(C)(C)C)c3)cc1n2-c1cc(C(C)(C)c2ccccc2)ccn1. The summed E-state index contributed by atoms with van der Waals surface area (Å²) >= 11 is 0. The largest absolute Gasteiger partial charge is 0.458 e. The molecule has 0 atom stereocenters. The molecule has 0 amide bonds. The highest BCUT2D eigenvalue weighted by Crippen LogP contribution is 2.42. The van der Waals surface area contributed by atoms with Crippen molar-refractivity contribution in [2.45, 2.75) is 136 Å². The lowest BCUT2D eigenvalue weighted by Crippen LogP contribution is -2.41. The van der Waals surface area contributed by atoms with Gasteiger partial charge in [0, 0.05) is 39.3 Å². The third kappa shape index (κ3) is 9.59. The highest BCUT2D eigenvalue weighted by Gasteiger charge is 2.36. The Morgan fingerprint density at radius 3 is 1.50 bits per heavy atom. The minimum atomic E-state index is -0.283. The van der Waals surface area contributed by atoms with Gasteiger partial charge in [-0.05, 0) is 122 Å². The van der Waals surface area contributed by atoms with Gasteiger partial charge in [-0.3, -0.25) is 13.7 Å². The second-order valence-electron chi connectivity index (χ2n) is 25.7. The lowest BCUT2D eigenvalue weighted by Gasteiger charge is -2.33. The van der Waals surface area contributed by atoms with E-state index in [1.165, 1.54) is 55.7 Å². The molecule has 386 valence electrons. The summed E-state index contributed by atoms with van der Waals surface area (Å²) < 4.78 is 13.9. The smallest absolute Gasteiger partial charge is 0.269 e. The Morgan fingerprint density at radius 2 is 0.961 bits per heavy atom. The van der Waals surface area contributed by atoms with Gasteiger partial charge in [0.05, 0.1) is 33.8 Å². The van der Waals surface area contributed by atoms with E-state index >= 15 is 0 Å². The first kappa shape index (κ1) is 52.0. The molecule has 0 N–H and O–H groups in total. The topological polar surface area (TPSA) is 35.9 Å². The molecule has 0 saturated heterocycles. The average Bonchev–Trinajstić information content (AvgIpc) is 4.02. The molecule has 0 bridgehead atoms. The number of imidazole rings is 1. The second kappa shape index (κ2) is 19.0. The van der Waals surface area contributed by atoms with Crippen molar-refractivity contribution in [3.05, 3.63) is 245 Å². The summed E-state index contributed by atoms with van der Waals surface area (Å²) in [6, 6.07) is 66.1. The zero-order valence-corrected chi connectivity index (χ0v) is 47.6. The summed E-state index contributed by atoms with van der Waals surface area (Å²) in [5.41, 5.74) is 14.1. The Morgan fingerprint density at radius 1 is 0.408 bits per heavy atom. The summed E-state index contributed by atoms with van der Waals surface area (Å²) in [6.45, 7) is 34.7. The molecule has 10 rings (SSSR count). The molecular weight excluding hydrogens is 925 g/mol. The summed E-state index contributed by atoms with van der Waals surface area (Å²) in [5, 5.41) is 2.34. The normalized spacial score (nSPS) is 12.9. The molecule has 3 aromatic heterocycles. The fourth-order valence-electron chi connectivity index (χ4n) is 11.2. The highest BCUT2D eigenvalue weighted by molar-refractivity contribution is 6.09. The van der Waals surface area contributed by atoms with Crippen LogP contribution in [0.5, 0.6) is 11.5 Å². The Hall–Kier alpha value is -7.50. The van der Waals surface area contributed by atoms with E-state index in [1.54, 1.807) is 0 Å². The predicted molar refractivity (Wildman–Crippen MR) is 317 cm³/mol. The second-order valence-corrected chi connectivity index (χ2v) is 25.7. The Balaban J connectivity index is 1.11. The average molecular weight is 1000 g/mol. The van der Waals surface area contributed by atoms with Crippen LogP contribution in [-0.4, -0.2) is 14.1 Å². The van der Waals surface area contributed by atoms with Gasteiger partial charge in [0.2, 0.25) is 0 Å². The van der Waals surface area contributed by atoms with E-state index in [4.69, 9.17) is 9.72 Å². The maximum absolute atomic E-state index is 6.99. The number of aromatic nitrogens is 4. The number of benzene rings is 7. The van der Waals surface area contributed by atoms with E-state index in [0.29, 0.717) is 0 Å². The highest BCUT2D eigenvalue weighted by atomic mass is 16.5. The minimum Gasteiger partial charge on any atom is -0.458 e. The Kier molecular flexibility index (Phi) is 13.0. The molecule has 0 aliphatic heterocycles. The molecule has 76 heavy (non-hydrogen) atoms. The molecule has 5 nitrogen and oxygen atoms in total.